The van der Waals surface area contributed by atoms with Crippen molar-refractivity contribution < 1.29 is 9.59 Å². The molecule has 1 aliphatic carbocycles. The first-order valence-electron chi connectivity index (χ1n) is 9.91. The lowest BCUT2D eigenvalue weighted by atomic mass is 10.0. The van der Waals surface area contributed by atoms with E-state index in [0.717, 1.165) is 48.6 Å². The summed E-state index contributed by atoms with van der Waals surface area (Å²) in [6.07, 6.45) is 5.18. The highest BCUT2D eigenvalue weighted by Crippen LogP contribution is 2.30. The fourth-order valence-electron chi connectivity index (χ4n) is 3.27. The highest BCUT2D eigenvalue weighted by Gasteiger charge is 2.22. The van der Waals surface area contributed by atoms with Crippen LogP contribution in [0, 0.1) is 5.92 Å². The number of imide groups is 1. The van der Waals surface area contributed by atoms with Crippen LogP contribution in [0.15, 0.2) is 35.5 Å². The van der Waals surface area contributed by atoms with Gasteiger partial charge in [-0.2, -0.15) is 0 Å². The van der Waals surface area contributed by atoms with Crippen molar-refractivity contribution in [3.05, 3.63) is 41.7 Å². The number of urea groups is 1. The van der Waals surface area contributed by atoms with E-state index >= 15 is 0 Å². The fraction of sp³-hybridized carbons (Fsp3) is 0.476. The van der Waals surface area contributed by atoms with Gasteiger partial charge >= 0.3 is 6.03 Å². The summed E-state index contributed by atoms with van der Waals surface area (Å²) in [7, 11) is 0. The lowest BCUT2D eigenvalue weighted by molar-refractivity contribution is -0.117. The third-order valence-electron chi connectivity index (χ3n) is 4.71. The number of para-hydroxylation sites is 1. The van der Waals surface area contributed by atoms with Crippen LogP contribution >= 0.6 is 11.8 Å². The van der Waals surface area contributed by atoms with Crippen molar-refractivity contribution in [2.24, 2.45) is 5.92 Å². The molecule has 0 unspecified atom stereocenters. The van der Waals surface area contributed by atoms with Crippen molar-refractivity contribution >= 4 is 23.7 Å². The van der Waals surface area contributed by atoms with Crippen molar-refractivity contribution in [3.63, 3.8) is 0 Å². The fourth-order valence-corrected chi connectivity index (χ4v) is 4.12. The van der Waals surface area contributed by atoms with Gasteiger partial charge in [0.15, 0.2) is 5.16 Å². The van der Waals surface area contributed by atoms with Gasteiger partial charge in [0, 0.05) is 17.9 Å². The first-order valence-corrected chi connectivity index (χ1v) is 10.9. The summed E-state index contributed by atoms with van der Waals surface area (Å²) in [6, 6.07) is 9.69. The molecule has 0 fully saturated rings. The van der Waals surface area contributed by atoms with Crippen LogP contribution in [0.1, 0.15) is 44.5 Å². The monoisotopic (exact) mass is 400 g/mol. The number of nitrogens with one attached hydrogen (secondary N) is 2. The number of carbonyl (C=O) groups excluding carboxylic acids is 2. The summed E-state index contributed by atoms with van der Waals surface area (Å²) in [5.74, 6) is 0.349. The Morgan fingerprint density at radius 2 is 1.93 bits per heavy atom. The number of amides is 3. The number of fused-ring (bicyclic) bond motifs is 1. The van der Waals surface area contributed by atoms with Gasteiger partial charge in [-0.1, -0.05) is 43.8 Å². The normalized spacial score (nSPS) is 13.2. The number of hydrogen-bond donors (Lipinski definition) is 2. The molecule has 7 heteroatoms. The van der Waals surface area contributed by atoms with Gasteiger partial charge in [0.05, 0.1) is 11.4 Å². The largest absolute Gasteiger partial charge is 0.338 e. The van der Waals surface area contributed by atoms with Gasteiger partial charge in [0.25, 0.3) is 0 Å². The second-order valence-corrected chi connectivity index (χ2v) is 8.38. The van der Waals surface area contributed by atoms with E-state index in [1.165, 1.54) is 17.5 Å². The van der Waals surface area contributed by atoms with Gasteiger partial charge in [0.1, 0.15) is 0 Å². The van der Waals surface area contributed by atoms with Gasteiger partial charge in [-0.25, -0.2) is 9.78 Å². The Bertz CT molecular complexity index is 817. The Morgan fingerprint density at radius 3 is 2.68 bits per heavy atom. The molecule has 0 saturated heterocycles. The molecule has 1 aliphatic rings. The Labute approximate surface area is 170 Å². The average molecular weight is 401 g/mol. The first-order chi connectivity index (χ1) is 13.5. The lowest BCUT2D eigenvalue weighted by Gasteiger charge is -2.15. The topological polar surface area (TPSA) is 76.0 Å². The van der Waals surface area contributed by atoms with Crippen LogP contribution in [0.3, 0.4) is 0 Å². The Balaban J connectivity index is 1.63. The SMILES string of the molecule is CC(C)CCNC(=O)NC(=O)CSc1nc2c(n1-c1ccccc1)CCCC2. The summed E-state index contributed by atoms with van der Waals surface area (Å²) in [5, 5.41) is 5.93. The molecule has 0 spiro atoms. The van der Waals surface area contributed by atoms with Crippen molar-refractivity contribution in [1.82, 2.24) is 20.2 Å². The van der Waals surface area contributed by atoms with E-state index in [0.29, 0.717) is 12.5 Å². The molecule has 0 atom stereocenters. The molecular weight excluding hydrogens is 372 g/mol. The molecule has 0 bridgehead atoms. The smallest absolute Gasteiger partial charge is 0.321 e. The third-order valence-corrected chi connectivity index (χ3v) is 5.65. The van der Waals surface area contributed by atoms with Crippen LogP contribution in [0.2, 0.25) is 0 Å². The highest BCUT2D eigenvalue weighted by molar-refractivity contribution is 7.99. The minimum absolute atomic E-state index is 0.153. The molecular formula is C21H28N4O2S. The zero-order valence-electron chi connectivity index (χ0n) is 16.5. The van der Waals surface area contributed by atoms with E-state index in [1.54, 1.807) is 0 Å². The van der Waals surface area contributed by atoms with Crippen LogP contribution in [0.4, 0.5) is 4.79 Å². The van der Waals surface area contributed by atoms with Gasteiger partial charge in [0.2, 0.25) is 5.91 Å². The van der Waals surface area contributed by atoms with Crippen molar-refractivity contribution in [3.8, 4) is 5.69 Å². The summed E-state index contributed by atoms with van der Waals surface area (Å²) in [4.78, 5) is 28.8. The molecule has 1 aromatic heterocycles. The summed E-state index contributed by atoms with van der Waals surface area (Å²) in [6.45, 7) is 4.75. The highest BCUT2D eigenvalue weighted by atomic mass is 32.2. The van der Waals surface area contributed by atoms with Crippen molar-refractivity contribution in [2.75, 3.05) is 12.3 Å². The minimum atomic E-state index is -0.433. The molecule has 0 saturated carbocycles. The minimum Gasteiger partial charge on any atom is -0.338 e. The lowest BCUT2D eigenvalue weighted by Crippen LogP contribution is -2.40. The molecule has 28 heavy (non-hydrogen) atoms. The molecule has 3 rings (SSSR count). The number of hydrogen-bond acceptors (Lipinski definition) is 4. The Kier molecular flexibility index (Phi) is 7.14. The number of benzene rings is 1. The van der Waals surface area contributed by atoms with E-state index in [-0.39, 0.29) is 11.7 Å². The number of aromatic nitrogens is 2. The molecule has 0 aliphatic heterocycles. The Morgan fingerprint density at radius 1 is 1.18 bits per heavy atom. The van der Waals surface area contributed by atoms with E-state index in [4.69, 9.17) is 4.98 Å². The molecule has 6 nitrogen and oxygen atoms in total. The van der Waals surface area contributed by atoms with Gasteiger partial charge in [-0.3, -0.25) is 14.7 Å². The number of rotatable bonds is 7. The number of thioether (sulfide) groups is 1. The summed E-state index contributed by atoms with van der Waals surface area (Å²) in [5.41, 5.74) is 3.43. The maximum Gasteiger partial charge on any atom is 0.321 e. The second kappa shape index (κ2) is 9.78. The quantitative estimate of drug-likeness (QED) is 0.695. The predicted octanol–water partition coefficient (Wildman–Crippen LogP) is 3.72. The second-order valence-electron chi connectivity index (χ2n) is 7.44. The van der Waals surface area contributed by atoms with E-state index in [1.807, 2.05) is 18.2 Å². The molecule has 0 radical (unpaired) electrons. The van der Waals surface area contributed by atoms with Crippen LogP contribution in [0.25, 0.3) is 5.69 Å². The van der Waals surface area contributed by atoms with Crippen LogP contribution in [-0.2, 0) is 17.6 Å². The number of nitrogens with zero attached hydrogens (tertiary/aromatic N) is 2. The predicted molar refractivity (Wildman–Crippen MR) is 112 cm³/mol. The maximum absolute atomic E-state index is 12.2. The standard InChI is InChI=1S/C21H28N4O2S/c1-15(2)12-13-22-20(27)24-19(26)14-28-21-23-17-10-6-7-11-18(17)25(21)16-8-4-3-5-9-16/h3-5,8-9,15H,6-7,10-14H2,1-2H3,(H2,22,24,26,27). The average Bonchev–Trinajstić information content (AvgIpc) is 3.05. The van der Waals surface area contributed by atoms with E-state index in [2.05, 4.69) is 41.2 Å². The molecule has 1 aromatic carbocycles. The van der Waals surface area contributed by atoms with E-state index < -0.39 is 6.03 Å². The van der Waals surface area contributed by atoms with Gasteiger partial charge < -0.3 is 5.32 Å². The Hall–Kier alpha value is -2.28. The first kappa shape index (κ1) is 20.5. The number of imidazole rings is 1. The summed E-state index contributed by atoms with van der Waals surface area (Å²) >= 11 is 1.37. The van der Waals surface area contributed by atoms with Gasteiger partial charge in [-0.05, 0) is 50.2 Å². The number of carbonyl (C=O) groups is 2. The zero-order valence-corrected chi connectivity index (χ0v) is 17.3. The van der Waals surface area contributed by atoms with Crippen LogP contribution in [0.5, 0.6) is 0 Å². The molecule has 1 heterocycles. The third kappa shape index (κ3) is 5.38. The van der Waals surface area contributed by atoms with E-state index in [9.17, 15) is 9.59 Å². The van der Waals surface area contributed by atoms with Crippen LogP contribution in [-0.4, -0.2) is 33.8 Å². The molecule has 2 aromatic rings. The van der Waals surface area contributed by atoms with Crippen LogP contribution < -0.4 is 10.6 Å². The molecule has 3 amide bonds. The maximum atomic E-state index is 12.2. The van der Waals surface area contributed by atoms with Crippen molar-refractivity contribution in [2.45, 2.75) is 51.1 Å². The molecule has 2 N–H and O–H groups in total. The van der Waals surface area contributed by atoms with Gasteiger partial charge in [-0.15, -0.1) is 0 Å². The number of aryl methyl sites for hydroxylation is 1. The van der Waals surface area contributed by atoms with Crippen molar-refractivity contribution in [1.29, 1.82) is 0 Å². The summed E-state index contributed by atoms with van der Waals surface area (Å²) < 4.78 is 2.16. The zero-order chi connectivity index (χ0) is 19.9. The molecule has 150 valence electrons.